The Morgan fingerprint density at radius 2 is 1.96 bits per heavy atom. The number of hydrogen-bond acceptors (Lipinski definition) is 3. The van der Waals surface area contributed by atoms with E-state index in [-0.39, 0.29) is 17.8 Å². The van der Waals surface area contributed by atoms with Gasteiger partial charge in [-0.15, -0.1) is 0 Å². The lowest BCUT2D eigenvalue weighted by atomic mass is 9.75. The van der Waals surface area contributed by atoms with Gasteiger partial charge in [-0.05, 0) is 71.8 Å². The highest BCUT2D eigenvalue weighted by Crippen LogP contribution is 2.41. The largest absolute Gasteiger partial charge is 0.381 e. The van der Waals surface area contributed by atoms with Gasteiger partial charge in [-0.2, -0.15) is 0 Å². The van der Waals surface area contributed by atoms with E-state index in [4.69, 9.17) is 16.3 Å². The average molecular weight is 401 g/mol. The fourth-order valence-electron chi connectivity index (χ4n) is 3.71. The zero-order valence-electron chi connectivity index (χ0n) is 13.1. The van der Waals surface area contributed by atoms with Crippen molar-refractivity contribution in [3.8, 4) is 0 Å². The first-order valence-corrected chi connectivity index (χ1v) is 8.90. The number of benzene rings is 1. The van der Waals surface area contributed by atoms with E-state index in [2.05, 4.69) is 21.2 Å². The quantitative estimate of drug-likeness (QED) is 0.773. The summed E-state index contributed by atoms with van der Waals surface area (Å²) in [4.78, 5) is 25.6. The smallest absolute Gasteiger partial charge is 0.235 e. The molecule has 124 valence electrons. The van der Waals surface area contributed by atoms with E-state index in [1.165, 1.54) is 0 Å². The summed E-state index contributed by atoms with van der Waals surface area (Å²) in [5, 5.41) is 3.56. The van der Waals surface area contributed by atoms with Crippen molar-refractivity contribution in [2.45, 2.75) is 50.2 Å². The van der Waals surface area contributed by atoms with Crippen molar-refractivity contribution in [1.82, 2.24) is 5.32 Å². The minimum Gasteiger partial charge on any atom is -0.381 e. The van der Waals surface area contributed by atoms with Crippen molar-refractivity contribution in [2.24, 2.45) is 0 Å². The number of methoxy groups -OCH3 is 1. The van der Waals surface area contributed by atoms with Crippen LogP contribution in [-0.4, -0.2) is 30.4 Å². The lowest BCUT2D eigenvalue weighted by Crippen LogP contribution is -2.50. The summed E-state index contributed by atoms with van der Waals surface area (Å²) in [6, 6.07) is 3.58. The molecule has 1 aromatic carbocycles. The van der Waals surface area contributed by atoms with Gasteiger partial charge in [0.25, 0.3) is 0 Å². The number of hydrogen-bond donors (Lipinski definition) is 1. The Kier molecular flexibility index (Phi) is 4.55. The van der Waals surface area contributed by atoms with Gasteiger partial charge in [0.1, 0.15) is 5.92 Å². The fourth-order valence-corrected chi connectivity index (χ4v) is 4.29. The zero-order chi connectivity index (χ0) is 16.8. The van der Waals surface area contributed by atoms with Gasteiger partial charge in [-0.25, -0.2) is 0 Å². The maximum Gasteiger partial charge on any atom is 0.235 e. The molecule has 1 amide bonds. The van der Waals surface area contributed by atoms with Gasteiger partial charge in [0, 0.05) is 11.6 Å². The van der Waals surface area contributed by atoms with E-state index < -0.39 is 11.5 Å². The SMILES string of the molecule is COC1CCC2(CC1)NC(=O)C(c1cc(Br)c(Cl)cc1C)C2=O. The third-order valence-electron chi connectivity index (χ3n) is 5.10. The van der Waals surface area contributed by atoms with E-state index in [9.17, 15) is 9.59 Å². The molecule has 1 atom stereocenters. The Morgan fingerprint density at radius 3 is 2.57 bits per heavy atom. The summed E-state index contributed by atoms with van der Waals surface area (Å²) >= 11 is 9.47. The Labute approximate surface area is 149 Å². The molecule has 1 saturated carbocycles. The van der Waals surface area contributed by atoms with Gasteiger partial charge < -0.3 is 10.1 Å². The first-order chi connectivity index (χ1) is 10.9. The molecule has 1 unspecified atom stereocenters. The second-order valence-electron chi connectivity index (χ2n) is 6.43. The molecule has 1 spiro atoms. The van der Waals surface area contributed by atoms with Crippen LogP contribution in [0.3, 0.4) is 0 Å². The van der Waals surface area contributed by atoms with Crippen LogP contribution in [0.4, 0.5) is 0 Å². The molecule has 0 aromatic heterocycles. The first-order valence-electron chi connectivity index (χ1n) is 7.72. The molecule has 0 bridgehead atoms. The van der Waals surface area contributed by atoms with Crippen molar-refractivity contribution >= 4 is 39.2 Å². The maximum absolute atomic E-state index is 13.1. The third-order valence-corrected chi connectivity index (χ3v) is 6.30. The number of aryl methyl sites for hydroxylation is 1. The van der Waals surface area contributed by atoms with Crippen LogP contribution in [0.2, 0.25) is 5.02 Å². The van der Waals surface area contributed by atoms with E-state index in [0.29, 0.717) is 22.3 Å². The number of carbonyl (C=O) groups excluding carboxylic acids is 2. The number of ketones is 1. The zero-order valence-corrected chi connectivity index (χ0v) is 15.5. The molecule has 2 aliphatic rings. The van der Waals surface area contributed by atoms with Crippen LogP contribution in [-0.2, 0) is 14.3 Å². The molecular formula is C17H19BrClNO3. The van der Waals surface area contributed by atoms with E-state index >= 15 is 0 Å². The predicted molar refractivity (Wildman–Crippen MR) is 91.8 cm³/mol. The molecule has 1 heterocycles. The summed E-state index contributed by atoms with van der Waals surface area (Å²) in [6.45, 7) is 1.88. The van der Waals surface area contributed by atoms with Gasteiger partial charge in [0.05, 0.1) is 16.7 Å². The second kappa shape index (κ2) is 6.19. The van der Waals surface area contributed by atoms with Crippen LogP contribution >= 0.6 is 27.5 Å². The Balaban J connectivity index is 1.92. The molecule has 1 aromatic rings. The molecule has 23 heavy (non-hydrogen) atoms. The summed E-state index contributed by atoms with van der Waals surface area (Å²) < 4.78 is 6.07. The number of nitrogens with one attached hydrogen (secondary N) is 1. The topological polar surface area (TPSA) is 55.4 Å². The fraction of sp³-hybridized carbons (Fsp3) is 0.529. The molecule has 1 saturated heterocycles. The van der Waals surface area contributed by atoms with Crippen LogP contribution in [0, 0.1) is 6.92 Å². The number of Topliss-reactive ketones (excluding diaryl/α,β-unsaturated/α-hetero) is 1. The van der Waals surface area contributed by atoms with Crippen LogP contribution in [0.1, 0.15) is 42.7 Å². The molecule has 6 heteroatoms. The second-order valence-corrected chi connectivity index (χ2v) is 7.69. The Morgan fingerprint density at radius 1 is 1.30 bits per heavy atom. The number of rotatable bonds is 2. The minimum atomic E-state index is -0.748. The lowest BCUT2D eigenvalue weighted by Gasteiger charge is -2.35. The molecular weight excluding hydrogens is 382 g/mol. The summed E-state index contributed by atoms with van der Waals surface area (Å²) in [7, 11) is 1.69. The Bertz CT molecular complexity index is 668. The van der Waals surface area contributed by atoms with Crippen molar-refractivity contribution in [3.05, 3.63) is 32.8 Å². The normalized spacial score (nSPS) is 30.8. The highest BCUT2D eigenvalue weighted by Gasteiger charge is 2.54. The number of halogens is 2. The Hall–Kier alpha value is -0.910. The number of ether oxygens (including phenoxy) is 1. The van der Waals surface area contributed by atoms with Gasteiger partial charge in [-0.3, -0.25) is 9.59 Å². The van der Waals surface area contributed by atoms with Crippen molar-refractivity contribution in [3.63, 3.8) is 0 Å². The molecule has 2 fully saturated rings. The summed E-state index contributed by atoms with van der Waals surface area (Å²) in [6.07, 6.45) is 3.04. The highest BCUT2D eigenvalue weighted by atomic mass is 79.9. The molecule has 1 N–H and O–H groups in total. The molecule has 1 aliphatic heterocycles. The van der Waals surface area contributed by atoms with Gasteiger partial charge in [-0.1, -0.05) is 11.6 Å². The lowest BCUT2D eigenvalue weighted by molar-refractivity contribution is -0.126. The van der Waals surface area contributed by atoms with E-state index in [0.717, 1.165) is 24.0 Å². The third kappa shape index (κ3) is 2.83. The van der Waals surface area contributed by atoms with Crippen LogP contribution in [0.15, 0.2) is 16.6 Å². The monoisotopic (exact) mass is 399 g/mol. The maximum atomic E-state index is 13.1. The predicted octanol–water partition coefficient (Wildman–Crippen LogP) is 3.52. The van der Waals surface area contributed by atoms with Gasteiger partial charge in [0.15, 0.2) is 5.78 Å². The molecule has 4 nitrogen and oxygen atoms in total. The number of amides is 1. The van der Waals surface area contributed by atoms with Crippen molar-refractivity contribution < 1.29 is 14.3 Å². The first kappa shape index (κ1) is 16.9. The molecule has 1 aliphatic carbocycles. The average Bonchev–Trinajstić information content (AvgIpc) is 2.75. The molecule has 0 radical (unpaired) electrons. The van der Waals surface area contributed by atoms with Crippen LogP contribution < -0.4 is 5.32 Å². The highest BCUT2D eigenvalue weighted by molar-refractivity contribution is 9.10. The standard InChI is InChI=1S/C17H19BrClNO3/c1-9-7-13(19)12(18)8-11(9)14-15(21)17(20-16(14)22)5-3-10(23-2)4-6-17/h7-8,10,14H,3-6H2,1-2H3,(H,20,22). The molecule has 3 rings (SSSR count). The van der Waals surface area contributed by atoms with Crippen molar-refractivity contribution in [1.29, 1.82) is 0 Å². The van der Waals surface area contributed by atoms with Gasteiger partial charge >= 0.3 is 0 Å². The van der Waals surface area contributed by atoms with E-state index in [1.807, 2.05) is 6.92 Å². The van der Waals surface area contributed by atoms with Crippen LogP contribution in [0.25, 0.3) is 0 Å². The summed E-state index contributed by atoms with van der Waals surface area (Å²) in [5.41, 5.74) is 0.860. The number of carbonyl (C=O) groups is 2. The van der Waals surface area contributed by atoms with Crippen LogP contribution in [0.5, 0.6) is 0 Å². The van der Waals surface area contributed by atoms with Gasteiger partial charge in [0.2, 0.25) is 5.91 Å². The minimum absolute atomic E-state index is 0.0191. The van der Waals surface area contributed by atoms with Crippen molar-refractivity contribution in [2.75, 3.05) is 7.11 Å². The summed E-state index contributed by atoms with van der Waals surface area (Å²) in [5.74, 6) is -0.972. The van der Waals surface area contributed by atoms with E-state index in [1.54, 1.807) is 19.2 Å².